The quantitative estimate of drug-likeness (QED) is 0.578. The van der Waals surface area contributed by atoms with Crippen LogP contribution < -0.4 is 5.32 Å². The van der Waals surface area contributed by atoms with Gasteiger partial charge in [-0.1, -0.05) is 12.1 Å². The molecular formula is C9H11BrN2. The molecule has 1 rings (SSSR count). The van der Waals surface area contributed by atoms with Crippen molar-refractivity contribution in [2.24, 2.45) is 4.99 Å². The fourth-order valence-corrected chi connectivity index (χ4v) is 1.20. The number of halogens is 1. The molecule has 0 radical (unpaired) electrons. The van der Waals surface area contributed by atoms with Crippen LogP contribution in [-0.4, -0.2) is 12.9 Å². The molecule has 1 aromatic carbocycles. The van der Waals surface area contributed by atoms with Crippen LogP contribution in [0.1, 0.15) is 6.92 Å². The molecule has 0 unspecified atom stereocenters. The lowest BCUT2D eigenvalue weighted by molar-refractivity contribution is 1.40. The summed E-state index contributed by atoms with van der Waals surface area (Å²) in [4.78, 5) is 4.01. The molecule has 0 saturated heterocycles. The molecule has 12 heavy (non-hydrogen) atoms. The molecule has 0 spiro atoms. The first-order valence-corrected chi connectivity index (χ1v) is 4.48. The van der Waals surface area contributed by atoms with Crippen molar-refractivity contribution in [1.82, 2.24) is 0 Å². The maximum Gasteiger partial charge on any atom is 0.0972 e. The van der Waals surface area contributed by atoms with Crippen molar-refractivity contribution >= 4 is 27.5 Å². The Morgan fingerprint density at radius 1 is 1.42 bits per heavy atom. The standard InChI is InChI=1S/C9H11BrN2/c1-7(11-2)12-9-6-4-3-5-8(9)10/h3-6H,1-2H3,(H,11,12). The lowest BCUT2D eigenvalue weighted by Gasteiger charge is -2.06. The van der Waals surface area contributed by atoms with Gasteiger partial charge >= 0.3 is 0 Å². The number of hydrogen-bond donors (Lipinski definition) is 1. The molecule has 2 nitrogen and oxygen atoms in total. The van der Waals surface area contributed by atoms with E-state index < -0.39 is 0 Å². The van der Waals surface area contributed by atoms with Crippen molar-refractivity contribution in [1.29, 1.82) is 0 Å². The topological polar surface area (TPSA) is 24.4 Å². The molecule has 0 amide bonds. The Balaban J connectivity index is 2.82. The van der Waals surface area contributed by atoms with Gasteiger partial charge in [0.1, 0.15) is 0 Å². The third kappa shape index (κ3) is 2.34. The molecule has 1 N–H and O–H groups in total. The number of para-hydroxylation sites is 1. The van der Waals surface area contributed by atoms with E-state index in [1.165, 1.54) is 0 Å². The number of nitrogens with one attached hydrogen (secondary N) is 1. The zero-order chi connectivity index (χ0) is 8.97. The van der Waals surface area contributed by atoms with Gasteiger partial charge in [-0.05, 0) is 35.0 Å². The van der Waals surface area contributed by atoms with Crippen molar-refractivity contribution in [2.45, 2.75) is 6.92 Å². The summed E-state index contributed by atoms with van der Waals surface area (Å²) in [7, 11) is 1.76. The fourth-order valence-electron chi connectivity index (χ4n) is 0.813. The van der Waals surface area contributed by atoms with Crippen LogP contribution in [0.15, 0.2) is 33.7 Å². The summed E-state index contributed by atoms with van der Waals surface area (Å²) in [5.41, 5.74) is 1.04. The zero-order valence-electron chi connectivity index (χ0n) is 7.13. The minimum absolute atomic E-state index is 0.905. The molecule has 1 aromatic rings. The molecule has 64 valence electrons. The third-order valence-corrected chi connectivity index (χ3v) is 2.22. The van der Waals surface area contributed by atoms with E-state index in [0.29, 0.717) is 0 Å². The van der Waals surface area contributed by atoms with Gasteiger partial charge < -0.3 is 5.32 Å². The molecule has 0 aliphatic carbocycles. The van der Waals surface area contributed by atoms with Crippen LogP contribution in [0.5, 0.6) is 0 Å². The fraction of sp³-hybridized carbons (Fsp3) is 0.222. The van der Waals surface area contributed by atoms with E-state index in [-0.39, 0.29) is 0 Å². The van der Waals surface area contributed by atoms with Crippen LogP contribution in [0.3, 0.4) is 0 Å². The Morgan fingerprint density at radius 3 is 2.67 bits per heavy atom. The van der Waals surface area contributed by atoms with Crippen molar-refractivity contribution < 1.29 is 0 Å². The molecule has 0 fully saturated rings. The van der Waals surface area contributed by atoms with E-state index >= 15 is 0 Å². The van der Waals surface area contributed by atoms with E-state index in [1.807, 2.05) is 31.2 Å². The largest absolute Gasteiger partial charge is 0.343 e. The van der Waals surface area contributed by atoms with Gasteiger partial charge in [-0.15, -0.1) is 0 Å². The van der Waals surface area contributed by atoms with Crippen molar-refractivity contribution in [2.75, 3.05) is 12.4 Å². The van der Waals surface area contributed by atoms with E-state index in [1.54, 1.807) is 7.05 Å². The van der Waals surface area contributed by atoms with Gasteiger partial charge in [0.25, 0.3) is 0 Å². The summed E-state index contributed by atoms with van der Waals surface area (Å²) in [6.07, 6.45) is 0. The Hall–Kier alpha value is -0.830. The van der Waals surface area contributed by atoms with Gasteiger partial charge in [0.2, 0.25) is 0 Å². The Morgan fingerprint density at radius 2 is 2.08 bits per heavy atom. The van der Waals surface area contributed by atoms with Crippen LogP contribution in [0.4, 0.5) is 5.69 Å². The van der Waals surface area contributed by atoms with Crippen LogP contribution in [0, 0.1) is 0 Å². The molecule has 3 heteroatoms. The van der Waals surface area contributed by atoms with Crippen LogP contribution >= 0.6 is 15.9 Å². The minimum atomic E-state index is 0.905. The highest BCUT2D eigenvalue weighted by molar-refractivity contribution is 9.10. The van der Waals surface area contributed by atoms with Crippen LogP contribution in [0.2, 0.25) is 0 Å². The first-order chi connectivity index (χ1) is 5.74. The number of amidine groups is 1. The second-order valence-electron chi connectivity index (χ2n) is 2.41. The maximum atomic E-state index is 4.01. The minimum Gasteiger partial charge on any atom is -0.343 e. The normalized spacial score (nSPS) is 11.4. The number of benzene rings is 1. The molecule has 0 aromatic heterocycles. The molecular weight excluding hydrogens is 216 g/mol. The molecule has 0 saturated carbocycles. The number of rotatable bonds is 1. The predicted octanol–water partition coefficient (Wildman–Crippen LogP) is 2.91. The van der Waals surface area contributed by atoms with Gasteiger partial charge in [-0.25, -0.2) is 0 Å². The molecule has 0 heterocycles. The smallest absolute Gasteiger partial charge is 0.0972 e. The second-order valence-corrected chi connectivity index (χ2v) is 3.27. The van der Waals surface area contributed by atoms with Crippen molar-refractivity contribution in [3.63, 3.8) is 0 Å². The summed E-state index contributed by atoms with van der Waals surface area (Å²) >= 11 is 3.44. The first kappa shape index (κ1) is 9.26. The molecule has 0 bridgehead atoms. The zero-order valence-corrected chi connectivity index (χ0v) is 8.72. The van der Waals surface area contributed by atoms with Crippen LogP contribution in [-0.2, 0) is 0 Å². The average molecular weight is 227 g/mol. The van der Waals surface area contributed by atoms with Gasteiger partial charge in [0.05, 0.1) is 11.5 Å². The van der Waals surface area contributed by atoms with Crippen LogP contribution in [0.25, 0.3) is 0 Å². The molecule has 0 aliphatic heterocycles. The highest BCUT2D eigenvalue weighted by Gasteiger charge is 1.96. The number of anilines is 1. The van der Waals surface area contributed by atoms with E-state index in [9.17, 15) is 0 Å². The summed E-state index contributed by atoms with van der Waals surface area (Å²) < 4.78 is 1.05. The molecule has 0 atom stereocenters. The van der Waals surface area contributed by atoms with Gasteiger partial charge in [0, 0.05) is 11.5 Å². The maximum absolute atomic E-state index is 4.01. The number of aliphatic imine (C=N–C) groups is 1. The average Bonchev–Trinajstić information content (AvgIpc) is 2.09. The van der Waals surface area contributed by atoms with E-state index in [4.69, 9.17) is 0 Å². The SMILES string of the molecule is CN=C(C)Nc1ccccc1Br. The predicted molar refractivity (Wildman–Crippen MR) is 56.8 cm³/mol. The second kappa shape index (κ2) is 4.26. The first-order valence-electron chi connectivity index (χ1n) is 3.69. The third-order valence-electron chi connectivity index (χ3n) is 1.52. The molecule has 0 aliphatic rings. The summed E-state index contributed by atoms with van der Waals surface area (Å²) in [6.45, 7) is 1.93. The monoisotopic (exact) mass is 226 g/mol. The van der Waals surface area contributed by atoms with Gasteiger partial charge in [-0.2, -0.15) is 0 Å². The highest BCUT2D eigenvalue weighted by Crippen LogP contribution is 2.20. The summed E-state index contributed by atoms with van der Waals surface area (Å²) in [5, 5.41) is 3.16. The summed E-state index contributed by atoms with van der Waals surface area (Å²) in [5.74, 6) is 0.905. The lowest BCUT2D eigenvalue weighted by atomic mass is 10.3. The van der Waals surface area contributed by atoms with Gasteiger partial charge in [-0.3, -0.25) is 4.99 Å². The lowest BCUT2D eigenvalue weighted by Crippen LogP contribution is -2.06. The Kier molecular flexibility index (Phi) is 3.29. The number of nitrogens with zero attached hydrogens (tertiary/aromatic N) is 1. The van der Waals surface area contributed by atoms with E-state index in [2.05, 4.69) is 26.2 Å². The Bertz CT molecular complexity index is 294. The number of hydrogen-bond acceptors (Lipinski definition) is 1. The highest BCUT2D eigenvalue weighted by atomic mass is 79.9. The van der Waals surface area contributed by atoms with Gasteiger partial charge in [0.15, 0.2) is 0 Å². The van der Waals surface area contributed by atoms with Crippen molar-refractivity contribution in [3.8, 4) is 0 Å². The van der Waals surface area contributed by atoms with E-state index in [0.717, 1.165) is 16.0 Å². The Labute approximate surface area is 80.8 Å². The summed E-state index contributed by atoms with van der Waals surface area (Å²) in [6, 6.07) is 7.95. The van der Waals surface area contributed by atoms with Crippen molar-refractivity contribution in [3.05, 3.63) is 28.7 Å².